The lowest BCUT2D eigenvalue weighted by Crippen LogP contribution is -2.37. The Bertz CT molecular complexity index is 1120. The number of hydrogen-bond donors (Lipinski definition) is 1. The van der Waals surface area contributed by atoms with Gasteiger partial charge in [-0.1, -0.05) is 32.9 Å². The Morgan fingerprint density at radius 2 is 1.52 bits per heavy atom. The second-order valence-electron chi connectivity index (χ2n) is 8.36. The maximum Gasteiger partial charge on any atom is 0.340 e. The highest BCUT2D eigenvalue weighted by Crippen LogP contribution is 2.34. The van der Waals surface area contributed by atoms with Gasteiger partial charge < -0.3 is 19.5 Å². The predicted molar refractivity (Wildman–Crippen MR) is 127 cm³/mol. The number of methoxy groups -OCH3 is 3. The van der Waals surface area contributed by atoms with E-state index in [1.807, 2.05) is 32.9 Å². The number of esters is 1. The summed E-state index contributed by atoms with van der Waals surface area (Å²) in [6, 6.07) is 9.76. The van der Waals surface area contributed by atoms with Gasteiger partial charge in [-0.3, -0.25) is 9.10 Å². The summed E-state index contributed by atoms with van der Waals surface area (Å²) in [5.41, 5.74) is 1.40. The summed E-state index contributed by atoms with van der Waals surface area (Å²) in [6.07, 6.45) is 1.02. The molecule has 0 atom stereocenters. The highest BCUT2D eigenvalue weighted by Gasteiger charge is 2.24. The summed E-state index contributed by atoms with van der Waals surface area (Å²) >= 11 is 0. The second-order valence-corrected chi connectivity index (χ2v) is 10.3. The lowest BCUT2D eigenvalue weighted by molar-refractivity contribution is -0.114. The Hall–Kier alpha value is -3.27. The van der Waals surface area contributed by atoms with E-state index in [0.29, 0.717) is 5.69 Å². The molecule has 0 aliphatic carbocycles. The molecule has 0 radical (unpaired) electrons. The van der Waals surface area contributed by atoms with E-state index in [1.165, 1.54) is 33.5 Å². The normalized spacial score (nSPS) is 11.5. The van der Waals surface area contributed by atoms with Gasteiger partial charge in [0.15, 0.2) is 11.5 Å². The zero-order chi connectivity index (χ0) is 25.0. The number of nitrogens with one attached hydrogen (secondary N) is 1. The topological polar surface area (TPSA) is 111 Å². The molecule has 0 saturated heterocycles. The Morgan fingerprint density at radius 1 is 0.970 bits per heavy atom. The SMILES string of the molecule is COC(=O)c1cc(OC)c(OC)cc1NC(=O)CN(c1ccc(C(C)(C)C)cc1)S(C)(=O)=O. The standard InChI is InChI=1S/C23H30N2O7S/c1-23(2,3)15-8-10-16(11-9-15)25(33(7,28)29)14-21(26)24-18-13-20(31-5)19(30-4)12-17(18)22(27)32-6/h8-13H,14H2,1-7H3,(H,24,26). The molecule has 1 N–H and O–H groups in total. The van der Waals surface area contributed by atoms with Crippen molar-refractivity contribution >= 4 is 33.3 Å². The molecule has 0 unspecified atom stereocenters. The van der Waals surface area contributed by atoms with Crippen LogP contribution in [-0.4, -0.2) is 54.4 Å². The largest absolute Gasteiger partial charge is 0.493 e. The van der Waals surface area contributed by atoms with Gasteiger partial charge >= 0.3 is 5.97 Å². The Labute approximate surface area is 194 Å². The minimum atomic E-state index is -3.77. The molecule has 10 heteroatoms. The highest BCUT2D eigenvalue weighted by molar-refractivity contribution is 7.92. The average Bonchev–Trinajstić information content (AvgIpc) is 2.75. The van der Waals surface area contributed by atoms with E-state index >= 15 is 0 Å². The molecule has 2 rings (SSSR count). The van der Waals surface area contributed by atoms with Crippen molar-refractivity contribution in [1.29, 1.82) is 0 Å². The highest BCUT2D eigenvalue weighted by atomic mass is 32.2. The van der Waals surface area contributed by atoms with E-state index in [9.17, 15) is 18.0 Å². The number of carbonyl (C=O) groups excluding carboxylic acids is 2. The van der Waals surface area contributed by atoms with Gasteiger partial charge in [0, 0.05) is 12.1 Å². The molecule has 180 valence electrons. The van der Waals surface area contributed by atoms with Gasteiger partial charge in [0.1, 0.15) is 6.54 Å². The maximum atomic E-state index is 12.8. The van der Waals surface area contributed by atoms with Crippen LogP contribution in [0.2, 0.25) is 0 Å². The van der Waals surface area contributed by atoms with Crippen LogP contribution < -0.4 is 19.1 Å². The Balaban J connectivity index is 2.38. The van der Waals surface area contributed by atoms with Gasteiger partial charge in [0.25, 0.3) is 0 Å². The smallest absolute Gasteiger partial charge is 0.340 e. The van der Waals surface area contributed by atoms with Gasteiger partial charge in [0.05, 0.1) is 44.5 Å². The van der Waals surface area contributed by atoms with Crippen molar-refractivity contribution in [1.82, 2.24) is 0 Å². The first-order chi connectivity index (χ1) is 15.3. The van der Waals surface area contributed by atoms with Crippen molar-refractivity contribution in [2.75, 3.05) is 43.8 Å². The Morgan fingerprint density at radius 3 is 1.97 bits per heavy atom. The minimum absolute atomic E-state index is 0.0314. The molecule has 2 aromatic carbocycles. The second kappa shape index (κ2) is 10.1. The van der Waals surface area contributed by atoms with Crippen LogP contribution in [0, 0.1) is 0 Å². The average molecular weight is 479 g/mol. The first-order valence-corrected chi connectivity index (χ1v) is 11.9. The molecule has 0 aliphatic heterocycles. The number of rotatable bonds is 8. The van der Waals surface area contributed by atoms with Crippen LogP contribution in [-0.2, 0) is 25.0 Å². The predicted octanol–water partition coefficient (Wildman–Crippen LogP) is 3.19. The van der Waals surface area contributed by atoms with Crippen LogP contribution in [0.3, 0.4) is 0 Å². The third-order valence-corrected chi connectivity index (χ3v) is 6.05. The number of hydrogen-bond acceptors (Lipinski definition) is 7. The first-order valence-electron chi connectivity index (χ1n) is 10.0. The Kier molecular flexibility index (Phi) is 7.97. The van der Waals surface area contributed by atoms with Gasteiger partial charge in [-0.15, -0.1) is 0 Å². The van der Waals surface area contributed by atoms with Crippen molar-refractivity contribution in [3.8, 4) is 11.5 Å². The van der Waals surface area contributed by atoms with Gasteiger partial charge in [-0.05, 0) is 23.1 Å². The zero-order valence-electron chi connectivity index (χ0n) is 19.9. The lowest BCUT2D eigenvalue weighted by Gasteiger charge is -2.24. The van der Waals surface area contributed by atoms with Crippen molar-refractivity contribution in [3.05, 3.63) is 47.5 Å². The number of anilines is 2. The van der Waals surface area contributed by atoms with Crippen molar-refractivity contribution in [3.63, 3.8) is 0 Å². The van der Waals surface area contributed by atoms with Crippen LogP contribution in [0.25, 0.3) is 0 Å². The van der Waals surface area contributed by atoms with E-state index in [-0.39, 0.29) is 28.2 Å². The van der Waals surface area contributed by atoms with E-state index in [4.69, 9.17) is 14.2 Å². The molecule has 2 aromatic rings. The number of carbonyl (C=O) groups is 2. The molecular weight excluding hydrogens is 448 g/mol. The molecule has 0 aromatic heterocycles. The van der Waals surface area contributed by atoms with Gasteiger partial charge in [0.2, 0.25) is 15.9 Å². The molecule has 0 saturated carbocycles. The van der Waals surface area contributed by atoms with E-state index in [0.717, 1.165) is 16.1 Å². The van der Waals surface area contributed by atoms with E-state index < -0.39 is 28.4 Å². The van der Waals surface area contributed by atoms with Crippen molar-refractivity contribution in [2.45, 2.75) is 26.2 Å². The quantitative estimate of drug-likeness (QED) is 0.580. The number of nitrogens with zero attached hydrogens (tertiary/aromatic N) is 1. The van der Waals surface area contributed by atoms with Crippen LogP contribution in [0.15, 0.2) is 36.4 Å². The summed E-state index contributed by atoms with van der Waals surface area (Å²) < 4.78 is 41.1. The molecular formula is C23H30N2O7S. The van der Waals surface area contributed by atoms with Gasteiger partial charge in [-0.25, -0.2) is 13.2 Å². The molecule has 0 heterocycles. The molecule has 1 amide bonds. The summed E-state index contributed by atoms with van der Waals surface area (Å²) in [4.78, 5) is 25.1. The van der Waals surface area contributed by atoms with Crippen molar-refractivity contribution in [2.24, 2.45) is 0 Å². The summed E-state index contributed by atoms with van der Waals surface area (Å²) in [5.74, 6) is -0.813. The number of benzene rings is 2. The fraction of sp³-hybridized carbons (Fsp3) is 0.391. The minimum Gasteiger partial charge on any atom is -0.493 e. The number of ether oxygens (including phenoxy) is 3. The summed E-state index contributed by atoms with van der Waals surface area (Å²) in [6.45, 7) is 5.64. The number of sulfonamides is 1. The molecule has 9 nitrogen and oxygen atoms in total. The third-order valence-electron chi connectivity index (χ3n) is 4.91. The first kappa shape index (κ1) is 26.0. The lowest BCUT2D eigenvalue weighted by atomic mass is 9.87. The molecule has 0 fully saturated rings. The maximum absolute atomic E-state index is 12.8. The van der Waals surface area contributed by atoms with E-state index in [2.05, 4.69) is 5.32 Å². The molecule has 0 spiro atoms. The third kappa shape index (κ3) is 6.38. The van der Waals surface area contributed by atoms with Gasteiger partial charge in [-0.2, -0.15) is 0 Å². The fourth-order valence-electron chi connectivity index (χ4n) is 3.11. The van der Waals surface area contributed by atoms with Crippen LogP contribution in [0.4, 0.5) is 11.4 Å². The zero-order valence-corrected chi connectivity index (χ0v) is 20.7. The number of amides is 1. The fourth-order valence-corrected chi connectivity index (χ4v) is 3.97. The summed E-state index contributed by atoms with van der Waals surface area (Å²) in [5, 5.41) is 2.58. The monoisotopic (exact) mass is 478 g/mol. The van der Waals surface area contributed by atoms with Crippen LogP contribution in [0.1, 0.15) is 36.7 Å². The van der Waals surface area contributed by atoms with E-state index in [1.54, 1.807) is 12.1 Å². The van der Waals surface area contributed by atoms with Crippen molar-refractivity contribution < 1.29 is 32.2 Å². The molecule has 33 heavy (non-hydrogen) atoms. The molecule has 0 bridgehead atoms. The molecule has 0 aliphatic rings. The van der Waals surface area contributed by atoms with Crippen LogP contribution >= 0.6 is 0 Å². The summed E-state index contributed by atoms with van der Waals surface area (Å²) in [7, 11) is 0.253. The van der Waals surface area contributed by atoms with Crippen LogP contribution in [0.5, 0.6) is 11.5 Å².